The summed E-state index contributed by atoms with van der Waals surface area (Å²) in [6, 6.07) is 13.3. The topological polar surface area (TPSA) is 119 Å². The second-order valence-corrected chi connectivity index (χ2v) is 8.85. The highest BCUT2D eigenvalue weighted by Gasteiger charge is 2.27. The highest BCUT2D eigenvalue weighted by Crippen LogP contribution is 2.26. The van der Waals surface area contributed by atoms with Crippen molar-refractivity contribution in [1.29, 1.82) is 0 Å². The van der Waals surface area contributed by atoms with Gasteiger partial charge in [-0.05, 0) is 50.2 Å². The average molecular weight is 473 g/mol. The molecule has 10 heteroatoms. The minimum atomic E-state index is -0.298. The summed E-state index contributed by atoms with van der Waals surface area (Å²) < 4.78 is 6.83. The molecule has 5 rings (SSSR count). The summed E-state index contributed by atoms with van der Waals surface area (Å²) in [5.41, 5.74) is 9.26. The molecule has 1 aromatic carbocycles. The van der Waals surface area contributed by atoms with Crippen molar-refractivity contribution in [2.75, 3.05) is 29.4 Å². The molecule has 1 aliphatic heterocycles. The lowest BCUT2D eigenvalue weighted by Gasteiger charge is -2.42. The maximum Gasteiger partial charge on any atom is 0.255 e. The maximum atomic E-state index is 12.7. The molecule has 3 aromatic heterocycles. The van der Waals surface area contributed by atoms with Gasteiger partial charge in [-0.25, -0.2) is 4.98 Å². The van der Waals surface area contributed by atoms with Crippen LogP contribution in [0.1, 0.15) is 25.8 Å². The summed E-state index contributed by atoms with van der Waals surface area (Å²) in [5.74, 6) is 1.63. The molecule has 4 heterocycles. The average Bonchev–Trinajstić information content (AvgIpc) is 3.37. The van der Waals surface area contributed by atoms with Crippen molar-refractivity contribution in [2.24, 2.45) is 12.8 Å². The van der Waals surface area contributed by atoms with Crippen LogP contribution in [0.15, 0.2) is 64.2 Å². The fourth-order valence-corrected chi connectivity index (χ4v) is 4.30. The van der Waals surface area contributed by atoms with Crippen LogP contribution in [0.2, 0.25) is 0 Å². The van der Waals surface area contributed by atoms with Crippen molar-refractivity contribution in [2.45, 2.75) is 25.9 Å². The van der Waals surface area contributed by atoms with Crippen LogP contribution in [-0.4, -0.2) is 50.4 Å². The number of benzene rings is 1. The Balaban J connectivity index is 1.33. The first kappa shape index (κ1) is 22.7. The van der Waals surface area contributed by atoms with Crippen LogP contribution in [0.4, 0.5) is 11.6 Å². The van der Waals surface area contributed by atoms with Gasteiger partial charge in [0.25, 0.3) is 5.56 Å². The van der Waals surface area contributed by atoms with Crippen LogP contribution < -0.4 is 21.1 Å². The van der Waals surface area contributed by atoms with Gasteiger partial charge in [-0.3, -0.25) is 14.3 Å². The molecule has 0 unspecified atom stereocenters. The quantitative estimate of drug-likeness (QED) is 0.467. The van der Waals surface area contributed by atoms with Crippen LogP contribution in [0, 0.1) is 0 Å². The van der Waals surface area contributed by atoms with Crippen molar-refractivity contribution >= 4 is 11.6 Å². The van der Waals surface area contributed by atoms with E-state index in [-0.39, 0.29) is 17.6 Å². The summed E-state index contributed by atoms with van der Waals surface area (Å²) in [7, 11) is 1.77. The first-order valence-electron chi connectivity index (χ1n) is 11.6. The molecule has 1 aliphatic rings. The van der Waals surface area contributed by atoms with Crippen molar-refractivity contribution in [3.63, 3.8) is 0 Å². The van der Waals surface area contributed by atoms with E-state index in [0.29, 0.717) is 23.4 Å². The minimum Gasteiger partial charge on any atom is -0.368 e. The number of hydrogen-bond donors (Lipinski definition) is 1. The number of nitrogens with zero attached hydrogens (tertiary/aromatic N) is 7. The van der Waals surface area contributed by atoms with Gasteiger partial charge in [-0.2, -0.15) is 4.98 Å². The van der Waals surface area contributed by atoms with Crippen LogP contribution in [0.5, 0.6) is 0 Å². The fourth-order valence-electron chi connectivity index (χ4n) is 4.30. The van der Waals surface area contributed by atoms with Gasteiger partial charge in [0.2, 0.25) is 17.7 Å². The number of aromatic nitrogens is 5. The molecule has 35 heavy (non-hydrogen) atoms. The van der Waals surface area contributed by atoms with Gasteiger partial charge < -0.3 is 20.1 Å². The third-order valence-corrected chi connectivity index (χ3v) is 6.29. The summed E-state index contributed by atoms with van der Waals surface area (Å²) >= 11 is 0. The van der Waals surface area contributed by atoms with Crippen molar-refractivity contribution in [3.8, 4) is 22.6 Å². The number of rotatable bonds is 5. The van der Waals surface area contributed by atoms with Gasteiger partial charge in [0.15, 0.2) is 0 Å². The number of pyridine rings is 1. The number of piperazine rings is 1. The molecule has 1 saturated heterocycles. The second-order valence-electron chi connectivity index (χ2n) is 8.85. The Labute approximate surface area is 203 Å². The predicted octanol–water partition coefficient (Wildman–Crippen LogP) is 2.63. The molecule has 2 atom stereocenters. The van der Waals surface area contributed by atoms with E-state index in [9.17, 15) is 4.79 Å². The van der Waals surface area contributed by atoms with Gasteiger partial charge in [0.1, 0.15) is 0 Å². The number of anilines is 2. The Morgan fingerprint density at radius 3 is 2.46 bits per heavy atom. The smallest absolute Gasteiger partial charge is 0.255 e. The monoisotopic (exact) mass is 472 g/mol. The zero-order valence-electron chi connectivity index (χ0n) is 20.0. The Morgan fingerprint density at radius 1 is 1.06 bits per heavy atom. The van der Waals surface area contributed by atoms with E-state index >= 15 is 0 Å². The maximum absolute atomic E-state index is 12.7. The lowest BCUT2D eigenvalue weighted by molar-refractivity contribution is 0.362. The van der Waals surface area contributed by atoms with E-state index in [2.05, 4.69) is 44.0 Å². The molecule has 0 bridgehead atoms. The normalized spacial score (nSPS) is 17.0. The van der Waals surface area contributed by atoms with E-state index in [1.807, 2.05) is 31.2 Å². The molecule has 0 saturated carbocycles. The van der Waals surface area contributed by atoms with Gasteiger partial charge in [-0.1, -0.05) is 5.16 Å². The summed E-state index contributed by atoms with van der Waals surface area (Å²) in [5, 5.41) is 4.03. The van der Waals surface area contributed by atoms with Gasteiger partial charge in [-0.15, -0.1) is 0 Å². The van der Waals surface area contributed by atoms with Crippen LogP contribution >= 0.6 is 0 Å². The van der Waals surface area contributed by atoms with Crippen molar-refractivity contribution < 1.29 is 4.52 Å². The van der Waals surface area contributed by atoms with E-state index in [1.165, 1.54) is 0 Å². The summed E-state index contributed by atoms with van der Waals surface area (Å²) in [6.45, 7) is 6.30. The zero-order chi connectivity index (χ0) is 24.5. The molecule has 10 nitrogen and oxygen atoms in total. The fraction of sp³-hybridized carbons (Fsp3) is 0.320. The minimum absolute atomic E-state index is 0.0827. The summed E-state index contributed by atoms with van der Waals surface area (Å²) in [6.07, 6.45) is 3.41. The third-order valence-electron chi connectivity index (χ3n) is 6.29. The molecule has 1 fully saturated rings. The number of hydrogen-bond acceptors (Lipinski definition) is 9. The third kappa shape index (κ3) is 4.52. The Bertz CT molecular complexity index is 1360. The first-order valence-corrected chi connectivity index (χ1v) is 11.6. The van der Waals surface area contributed by atoms with Crippen molar-refractivity contribution in [1.82, 2.24) is 24.7 Å². The lowest BCUT2D eigenvalue weighted by Crippen LogP contribution is -2.53. The standard InChI is InChI=1S/C25H28N8O2/c1-16-15-32(20-6-4-19(5-7-20)23-29-24(17(2)26)35-30-23)12-13-33(16)25-28-21(14-22(34)31(25)3)18-8-10-27-11-9-18/h4-11,14,16-17H,12-13,15,26H2,1-3H3/t16-,17-/m1/s1. The second kappa shape index (κ2) is 9.30. The zero-order valence-corrected chi connectivity index (χ0v) is 20.0. The molecule has 180 valence electrons. The van der Waals surface area contributed by atoms with E-state index in [4.69, 9.17) is 15.2 Å². The summed E-state index contributed by atoms with van der Waals surface area (Å²) in [4.78, 5) is 30.5. The van der Waals surface area contributed by atoms with E-state index in [0.717, 1.165) is 36.4 Å². The first-order chi connectivity index (χ1) is 16.9. The highest BCUT2D eigenvalue weighted by atomic mass is 16.5. The Kier molecular flexibility index (Phi) is 6.04. The molecular weight excluding hydrogens is 444 g/mol. The molecule has 0 aliphatic carbocycles. The van der Waals surface area contributed by atoms with E-state index < -0.39 is 0 Å². The molecule has 4 aromatic rings. The Morgan fingerprint density at radius 2 is 1.80 bits per heavy atom. The van der Waals surface area contributed by atoms with Crippen LogP contribution in [0.3, 0.4) is 0 Å². The molecule has 0 radical (unpaired) electrons. The largest absolute Gasteiger partial charge is 0.368 e. The van der Waals surface area contributed by atoms with Crippen molar-refractivity contribution in [3.05, 3.63) is 71.1 Å². The predicted molar refractivity (Wildman–Crippen MR) is 134 cm³/mol. The van der Waals surface area contributed by atoms with Gasteiger partial charge >= 0.3 is 0 Å². The number of nitrogens with two attached hydrogens (primary N) is 1. The van der Waals surface area contributed by atoms with Crippen LogP contribution in [-0.2, 0) is 7.05 Å². The van der Waals surface area contributed by atoms with Gasteiger partial charge in [0, 0.05) is 68.0 Å². The van der Waals surface area contributed by atoms with Gasteiger partial charge in [0.05, 0.1) is 11.7 Å². The highest BCUT2D eigenvalue weighted by molar-refractivity contribution is 5.62. The molecule has 2 N–H and O–H groups in total. The Hall–Kier alpha value is -4.05. The molecule has 0 amide bonds. The molecule has 0 spiro atoms. The molecular formula is C25H28N8O2. The lowest BCUT2D eigenvalue weighted by atomic mass is 10.1. The van der Waals surface area contributed by atoms with Crippen LogP contribution in [0.25, 0.3) is 22.6 Å². The van der Waals surface area contributed by atoms with E-state index in [1.54, 1.807) is 30.1 Å². The SMILES string of the molecule is C[C@@H]1CN(c2ccc(-c3noc([C@@H](C)N)n3)cc2)CCN1c1nc(-c2ccncc2)cc(=O)n1C.